The van der Waals surface area contributed by atoms with Gasteiger partial charge < -0.3 is 14.6 Å². The highest BCUT2D eigenvalue weighted by atomic mass is 16.5. The van der Waals surface area contributed by atoms with Gasteiger partial charge in [-0.3, -0.25) is 0 Å². The number of aliphatic hydroxyl groups excluding tert-OH is 1. The molecule has 0 heterocycles. The second kappa shape index (κ2) is 7.70. The smallest absolute Gasteiger partial charge is 0.161 e. The van der Waals surface area contributed by atoms with E-state index in [9.17, 15) is 5.11 Å². The predicted molar refractivity (Wildman–Crippen MR) is 83.7 cm³/mol. The highest BCUT2D eigenvalue weighted by Crippen LogP contribution is 2.29. The van der Waals surface area contributed by atoms with E-state index in [-0.39, 0.29) is 6.61 Å². The summed E-state index contributed by atoms with van der Waals surface area (Å²) in [6, 6.07) is 13.9. The Morgan fingerprint density at radius 1 is 0.810 bits per heavy atom. The Labute approximate surface area is 126 Å². The summed E-state index contributed by atoms with van der Waals surface area (Å²) in [7, 11) is 0. The van der Waals surface area contributed by atoms with Crippen LogP contribution in [0.5, 0.6) is 11.5 Å². The lowest BCUT2D eigenvalue weighted by Crippen LogP contribution is -2.00. The van der Waals surface area contributed by atoms with Gasteiger partial charge in [0, 0.05) is 0 Å². The van der Waals surface area contributed by atoms with Gasteiger partial charge in [-0.05, 0) is 42.2 Å². The molecule has 0 aliphatic carbocycles. The van der Waals surface area contributed by atoms with Gasteiger partial charge in [0.1, 0.15) is 6.61 Å². The van der Waals surface area contributed by atoms with Crippen LogP contribution in [-0.4, -0.2) is 11.7 Å². The van der Waals surface area contributed by atoms with Crippen molar-refractivity contribution in [2.45, 2.75) is 33.5 Å². The third-order valence-electron chi connectivity index (χ3n) is 3.32. The van der Waals surface area contributed by atoms with Crippen LogP contribution in [0.4, 0.5) is 0 Å². The molecule has 0 aliphatic rings. The van der Waals surface area contributed by atoms with Gasteiger partial charge in [-0.15, -0.1) is 0 Å². The Hall–Kier alpha value is -2.00. The van der Waals surface area contributed by atoms with Gasteiger partial charge in [0.05, 0.1) is 13.2 Å². The second-order valence-electron chi connectivity index (χ2n) is 4.83. The minimum absolute atomic E-state index is 0.00116. The maximum Gasteiger partial charge on any atom is 0.161 e. The molecule has 3 heteroatoms. The van der Waals surface area contributed by atoms with E-state index in [1.165, 1.54) is 5.56 Å². The third-order valence-corrected chi connectivity index (χ3v) is 3.32. The molecule has 2 aromatic carbocycles. The molecule has 0 saturated carbocycles. The maximum absolute atomic E-state index is 9.18. The van der Waals surface area contributed by atoms with Crippen molar-refractivity contribution >= 4 is 0 Å². The van der Waals surface area contributed by atoms with E-state index in [1.807, 2.05) is 25.1 Å². The van der Waals surface area contributed by atoms with Crippen molar-refractivity contribution < 1.29 is 14.6 Å². The Morgan fingerprint density at radius 2 is 1.48 bits per heavy atom. The Bertz CT molecular complexity index is 561. The number of hydrogen-bond acceptors (Lipinski definition) is 3. The Morgan fingerprint density at radius 3 is 2.10 bits per heavy atom. The van der Waals surface area contributed by atoms with Gasteiger partial charge in [0.2, 0.25) is 0 Å². The monoisotopic (exact) mass is 286 g/mol. The molecule has 0 unspecified atom stereocenters. The highest BCUT2D eigenvalue weighted by molar-refractivity contribution is 5.43. The Balaban J connectivity index is 2.07. The van der Waals surface area contributed by atoms with E-state index in [0.717, 1.165) is 17.5 Å². The maximum atomic E-state index is 9.18. The molecule has 0 atom stereocenters. The van der Waals surface area contributed by atoms with E-state index >= 15 is 0 Å². The fraction of sp³-hybridized carbons (Fsp3) is 0.333. The summed E-state index contributed by atoms with van der Waals surface area (Å²) in [6.45, 7) is 5.14. The average molecular weight is 286 g/mol. The molecule has 0 fully saturated rings. The summed E-state index contributed by atoms with van der Waals surface area (Å²) in [5.41, 5.74) is 3.26. The van der Waals surface area contributed by atoms with Crippen LogP contribution in [0.1, 0.15) is 30.5 Å². The summed E-state index contributed by atoms with van der Waals surface area (Å²) < 4.78 is 11.4. The Kier molecular flexibility index (Phi) is 5.64. The highest BCUT2D eigenvalue weighted by Gasteiger charge is 2.06. The lowest BCUT2D eigenvalue weighted by Gasteiger charge is -2.13. The quantitative estimate of drug-likeness (QED) is 0.843. The van der Waals surface area contributed by atoms with Crippen LogP contribution in [0.25, 0.3) is 0 Å². The predicted octanol–water partition coefficient (Wildman–Crippen LogP) is 3.72. The normalized spacial score (nSPS) is 10.4. The first-order valence-electron chi connectivity index (χ1n) is 7.34. The number of ether oxygens (including phenoxy) is 2. The van der Waals surface area contributed by atoms with Gasteiger partial charge in [-0.1, -0.05) is 37.3 Å². The molecule has 0 spiro atoms. The first kappa shape index (κ1) is 15.4. The van der Waals surface area contributed by atoms with E-state index in [0.29, 0.717) is 24.7 Å². The molecule has 0 saturated heterocycles. The van der Waals surface area contributed by atoms with Crippen molar-refractivity contribution in [2.24, 2.45) is 0 Å². The zero-order valence-electron chi connectivity index (χ0n) is 12.6. The van der Waals surface area contributed by atoms with Crippen molar-refractivity contribution in [3.05, 3.63) is 59.2 Å². The molecule has 2 aromatic rings. The van der Waals surface area contributed by atoms with Crippen molar-refractivity contribution in [3.63, 3.8) is 0 Å². The van der Waals surface area contributed by atoms with Crippen molar-refractivity contribution in [1.29, 1.82) is 0 Å². The fourth-order valence-corrected chi connectivity index (χ4v) is 2.07. The molecule has 0 radical (unpaired) electrons. The molecule has 112 valence electrons. The summed E-state index contributed by atoms with van der Waals surface area (Å²) in [4.78, 5) is 0. The number of aliphatic hydroxyl groups is 1. The SMILES string of the molecule is CCOc1cc(CO)ccc1OCc1ccc(CC)cc1. The fourth-order valence-electron chi connectivity index (χ4n) is 2.07. The van der Waals surface area contributed by atoms with Crippen LogP contribution in [0.15, 0.2) is 42.5 Å². The minimum Gasteiger partial charge on any atom is -0.490 e. The number of rotatable bonds is 7. The zero-order valence-corrected chi connectivity index (χ0v) is 12.6. The van der Waals surface area contributed by atoms with Crippen LogP contribution in [0, 0.1) is 0 Å². The number of hydrogen-bond donors (Lipinski definition) is 1. The first-order chi connectivity index (χ1) is 10.3. The van der Waals surface area contributed by atoms with E-state index in [1.54, 1.807) is 0 Å². The molecule has 21 heavy (non-hydrogen) atoms. The molecular weight excluding hydrogens is 264 g/mol. The molecule has 0 amide bonds. The van der Waals surface area contributed by atoms with Gasteiger partial charge in [0.15, 0.2) is 11.5 Å². The topological polar surface area (TPSA) is 38.7 Å². The number of benzene rings is 2. The minimum atomic E-state index is -0.00116. The molecular formula is C18H22O3. The van der Waals surface area contributed by atoms with Crippen LogP contribution < -0.4 is 9.47 Å². The number of aryl methyl sites for hydroxylation is 1. The van der Waals surface area contributed by atoms with Gasteiger partial charge in [-0.2, -0.15) is 0 Å². The standard InChI is InChI=1S/C18H22O3/c1-3-14-5-7-15(8-6-14)13-21-17-10-9-16(12-19)11-18(17)20-4-2/h5-11,19H,3-4,12-13H2,1-2H3. The van der Waals surface area contributed by atoms with E-state index < -0.39 is 0 Å². The third kappa shape index (κ3) is 4.23. The van der Waals surface area contributed by atoms with Crippen LogP contribution >= 0.6 is 0 Å². The van der Waals surface area contributed by atoms with Crippen LogP contribution in [0.2, 0.25) is 0 Å². The van der Waals surface area contributed by atoms with Crippen molar-refractivity contribution in [2.75, 3.05) is 6.61 Å². The van der Waals surface area contributed by atoms with E-state index in [2.05, 4.69) is 31.2 Å². The molecule has 0 aromatic heterocycles. The van der Waals surface area contributed by atoms with Gasteiger partial charge in [0.25, 0.3) is 0 Å². The summed E-state index contributed by atoms with van der Waals surface area (Å²) >= 11 is 0. The summed E-state index contributed by atoms with van der Waals surface area (Å²) in [5.74, 6) is 1.38. The lowest BCUT2D eigenvalue weighted by atomic mass is 10.1. The van der Waals surface area contributed by atoms with Gasteiger partial charge in [-0.25, -0.2) is 0 Å². The van der Waals surface area contributed by atoms with Gasteiger partial charge >= 0.3 is 0 Å². The van der Waals surface area contributed by atoms with Crippen molar-refractivity contribution in [1.82, 2.24) is 0 Å². The zero-order chi connectivity index (χ0) is 15.1. The van der Waals surface area contributed by atoms with Crippen LogP contribution in [-0.2, 0) is 19.6 Å². The van der Waals surface area contributed by atoms with E-state index in [4.69, 9.17) is 9.47 Å². The lowest BCUT2D eigenvalue weighted by molar-refractivity contribution is 0.264. The molecule has 3 nitrogen and oxygen atoms in total. The summed E-state index contributed by atoms with van der Waals surface area (Å²) in [6.07, 6.45) is 1.04. The molecule has 0 bridgehead atoms. The summed E-state index contributed by atoms with van der Waals surface area (Å²) in [5, 5.41) is 9.18. The van der Waals surface area contributed by atoms with Crippen molar-refractivity contribution in [3.8, 4) is 11.5 Å². The molecule has 0 aliphatic heterocycles. The first-order valence-corrected chi connectivity index (χ1v) is 7.34. The largest absolute Gasteiger partial charge is 0.490 e. The molecule has 1 N–H and O–H groups in total. The van der Waals surface area contributed by atoms with Crippen LogP contribution in [0.3, 0.4) is 0 Å². The molecule has 2 rings (SSSR count). The second-order valence-corrected chi connectivity index (χ2v) is 4.83. The average Bonchev–Trinajstić information content (AvgIpc) is 2.54.